The van der Waals surface area contributed by atoms with Crippen molar-refractivity contribution < 1.29 is 9.53 Å². The van der Waals surface area contributed by atoms with Gasteiger partial charge in [0.05, 0.1) is 6.61 Å². The molecule has 1 aromatic heterocycles. The van der Waals surface area contributed by atoms with E-state index in [1.54, 1.807) is 0 Å². The standard InChI is InChI=1S/C24H24N2O2S/c1-29-25-24(27)17-26-16-19(20-11-4-5-13-22(20)26)10-7-15-28-23-14-6-9-18-8-2-3-12-21(18)23/h2-6,8-9,11-14,16H,7,10,15,17H2,1H3,(H,25,27). The van der Waals surface area contributed by atoms with Crippen molar-refractivity contribution in [3.05, 3.63) is 78.5 Å². The molecule has 0 unspecified atom stereocenters. The summed E-state index contributed by atoms with van der Waals surface area (Å²) in [7, 11) is 0. The van der Waals surface area contributed by atoms with Crippen molar-refractivity contribution in [2.75, 3.05) is 12.9 Å². The second kappa shape index (κ2) is 9.05. The molecule has 0 atom stereocenters. The molecule has 0 fully saturated rings. The number of rotatable bonds is 8. The molecule has 0 saturated carbocycles. The topological polar surface area (TPSA) is 43.3 Å². The Morgan fingerprint density at radius 2 is 1.76 bits per heavy atom. The van der Waals surface area contributed by atoms with Gasteiger partial charge in [-0.2, -0.15) is 0 Å². The summed E-state index contributed by atoms with van der Waals surface area (Å²) < 4.78 is 10.9. The monoisotopic (exact) mass is 404 g/mol. The van der Waals surface area contributed by atoms with Gasteiger partial charge in [0.2, 0.25) is 5.91 Å². The van der Waals surface area contributed by atoms with E-state index < -0.39 is 0 Å². The van der Waals surface area contributed by atoms with Gasteiger partial charge in [-0.15, -0.1) is 0 Å². The lowest BCUT2D eigenvalue weighted by molar-refractivity contribution is -0.119. The van der Waals surface area contributed by atoms with Crippen LogP contribution in [0.3, 0.4) is 0 Å². The lowest BCUT2D eigenvalue weighted by Gasteiger charge is -2.09. The van der Waals surface area contributed by atoms with Crippen LogP contribution >= 0.6 is 11.9 Å². The molecule has 148 valence electrons. The van der Waals surface area contributed by atoms with Gasteiger partial charge in [-0.3, -0.25) is 9.52 Å². The molecule has 0 spiro atoms. The van der Waals surface area contributed by atoms with Crippen LogP contribution in [0.15, 0.2) is 72.9 Å². The lowest BCUT2D eigenvalue weighted by Crippen LogP contribution is -2.20. The number of hydrogen-bond acceptors (Lipinski definition) is 3. The van der Waals surface area contributed by atoms with E-state index in [1.807, 2.05) is 47.2 Å². The average Bonchev–Trinajstić information content (AvgIpc) is 3.09. The highest BCUT2D eigenvalue weighted by atomic mass is 32.2. The molecule has 0 radical (unpaired) electrons. The number of benzene rings is 3. The highest BCUT2D eigenvalue weighted by Gasteiger charge is 2.11. The number of aromatic nitrogens is 1. The number of hydrogen-bond donors (Lipinski definition) is 1. The van der Waals surface area contributed by atoms with Crippen molar-refractivity contribution in [3.8, 4) is 5.75 Å². The van der Waals surface area contributed by atoms with Gasteiger partial charge >= 0.3 is 0 Å². The zero-order valence-corrected chi connectivity index (χ0v) is 17.2. The van der Waals surface area contributed by atoms with Gasteiger partial charge in [0.1, 0.15) is 12.3 Å². The van der Waals surface area contributed by atoms with E-state index in [2.05, 4.69) is 41.3 Å². The fraction of sp³-hybridized carbons (Fsp3) is 0.208. The quantitative estimate of drug-likeness (QED) is 0.324. The molecule has 1 amide bonds. The number of ether oxygens (including phenoxy) is 1. The van der Waals surface area contributed by atoms with E-state index in [4.69, 9.17) is 4.74 Å². The highest BCUT2D eigenvalue weighted by molar-refractivity contribution is 7.97. The van der Waals surface area contributed by atoms with Crippen LogP contribution in [0.4, 0.5) is 0 Å². The summed E-state index contributed by atoms with van der Waals surface area (Å²) in [5.41, 5.74) is 2.34. The van der Waals surface area contributed by atoms with Crippen molar-refractivity contribution in [1.82, 2.24) is 9.29 Å². The second-order valence-corrected chi connectivity index (χ2v) is 7.57. The normalized spacial score (nSPS) is 11.1. The number of nitrogens with one attached hydrogen (secondary N) is 1. The Bertz CT molecular complexity index is 1130. The van der Waals surface area contributed by atoms with Crippen LogP contribution in [-0.4, -0.2) is 23.3 Å². The first-order valence-corrected chi connectivity index (χ1v) is 11.0. The third kappa shape index (κ3) is 4.40. The molecule has 3 aromatic carbocycles. The van der Waals surface area contributed by atoms with Crippen LogP contribution in [0.5, 0.6) is 5.75 Å². The van der Waals surface area contributed by atoms with Crippen LogP contribution in [0, 0.1) is 0 Å². The summed E-state index contributed by atoms with van der Waals surface area (Å²) in [6, 6.07) is 22.7. The third-order valence-electron chi connectivity index (χ3n) is 5.00. The van der Waals surface area contributed by atoms with Crippen LogP contribution in [0.2, 0.25) is 0 Å². The number of nitrogens with zero attached hydrogens (tertiary/aromatic N) is 1. The maximum absolute atomic E-state index is 12.0. The smallest absolute Gasteiger partial charge is 0.249 e. The molecule has 0 bridgehead atoms. The molecule has 0 saturated heterocycles. The Labute approximate surface area is 175 Å². The van der Waals surface area contributed by atoms with Crippen molar-refractivity contribution >= 4 is 39.5 Å². The van der Waals surface area contributed by atoms with Crippen LogP contribution in [-0.2, 0) is 17.8 Å². The molecular formula is C24H24N2O2S. The largest absolute Gasteiger partial charge is 0.493 e. The summed E-state index contributed by atoms with van der Waals surface area (Å²) in [4.78, 5) is 12.0. The minimum absolute atomic E-state index is 0.00379. The fourth-order valence-corrected chi connectivity index (χ4v) is 4.01. The molecule has 4 rings (SSSR count). The van der Waals surface area contributed by atoms with Gasteiger partial charge in [-0.05, 0) is 35.9 Å². The number of carbonyl (C=O) groups excluding carboxylic acids is 1. The van der Waals surface area contributed by atoms with Gasteiger partial charge < -0.3 is 9.30 Å². The zero-order valence-electron chi connectivity index (χ0n) is 16.4. The van der Waals surface area contributed by atoms with E-state index in [-0.39, 0.29) is 5.91 Å². The first-order chi connectivity index (χ1) is 14.3. The first kappa shape index (κ1) is 19.4. The van der Waals surface area contributed by atoms with E-state index in [0.717, 1.165) is 29.5 Å². The molecule has 4 aromatic rings. The number of aryl methyl sites for hydroxylation is 1. The minimum atomic E-state index is 0.00379. The van der Waals surface area contributed by atoms with Gasteiger partial charge in [0.15, 0.2) is 0 Å². The van der Waals surface area contributed by atoms with Gasteiger partial charge in [0, 0.05) is 28.7 Å². The van der Waals surface area contributed by atoms with E-state index in [9.17, 15) is 4.79 Å². The van der Waals surface area contributed by atoms with E-state index >= 15 is 0 Å². The summed E-state index contributed by atoms with van der Waals surface area (Å²) in [6.45, 7) is 0.980. The van der Waals surface area contributed by atoms with E-state index in [1.165, 1.54) is 28.3 Å². The Morgan fingerprint density at radius 1 is 1.00 bits per heavy atom. The van der Waals surface area contributed by atoms with Gasteiger partial charge in [-0.25, -0.2) is 0 Å². The molecule has 1 heterocycles. The molecule has 4 nitrogen and oxygen atoms in total. The number of amides is 1. The van der Waals surface area contributed by atoms with Crippen molar-refractivity contribution in [2.24, 2.45) is 0 Å². The third-order valence-corrected chi connectivity index (χ3v) is 5.43. The van der Waals surface area contributed by atoms with Gasteiger partial charge in [-0.1, -0.05) is 66.5 Å². The summed E-state index contributed by atoms with van der Waals surface area (Å²) >= 11 is 1.33. The Morgan fingerprint density at radius 3 is 2.62 bits per heavy atom. The SMILES string of the molecule is CSNC(=O)Cn1cc(CCCOc2cccc3ccccc23)c2ccccc21. The fourth-order valence-electron chi connectivity index (χ4n) is 3.72. The van der Waals surface area contributed by atoms with Gasteiger partial charge in [0.25, 0.3) is 0 Å². The molecule has 1 N–H and O–H groups in total. The summed E-state index contributed by atoms with van der Waals surface area (Å²) in [5, 5.41) is 3.54. The maximum Gasteiger partial charge on any atom is 0.249 e. The molecule has 29 heavy (non-hydrogen) atoms. The van der Waals surface area contributed by atoms with Crippen molar-refractivity contribution in [3.63, 3.8) is 0 Å². The predicted molar refractivity (Wildman–Crippen MR) is 121 cm³/mol. The minimum Gasteiger partial charge on any atom is -0.493 e. The van der Waals surface area contributed by atoms with Crippen molar-refractivity contribution in [2.45, 2.75) is 19.4 Å². The molecule has 5 heteroatoms. The predicted octanol–water partition coefficient (Wildman–Crippen LogP) is 5.20. The molecule has 0 aliphatic carbocycles. The Hall–Kier alpha value is -2.92. The van der Waals surface area contributed by atoms with Crippen LogP contribution < -0.4 is 9.46 Å². The molecule has 0 aliphatic rings. The second-order valence-electron chi connectivity index (χ2n) is 6.96. The molecular weight excluding hydrogens is 380 g/mol. The van der Waals surface area contributed by atoms with E-state index in [0.29, 0.717) is 13.2 Å². The Balaban J connectivity index is 1.44. The Kier molecular flexibility index (Phi) is 6.06. The summed E-state index contributed by atoms with van der Waals surface area (Å²) in [6.07, 6.45) is 5.77. The molecule has 0 aliphatic heterocycles. The average molecular weight is 405 g/mol. The summed E-state index contributed by atoms with van der Waals surface area (Å²) in [5.74, 6) is 0.934. The number of carbonyl (C=O) groups is 1. The lowest BCUT2D eigenvalue weighted by atomic mass is 10.1. The number of fused-ring (bicyclic) bond motifs is 2. The van der Waals surface area contributed by atoms with Crippen LogP contribution in [0.25, 0.3) is 21.7 Å². The number of para-hydroxylation sites is 1. The maximum atomic E-state index is 12.0. The highest BCUT2D eigenvalue weighted by Crippen LogP contribution is 2.26. The zero-order chi connectivity index (χ0) is 20.1. The first-order valence-electron chi connectivity index (χ1n) is 9.75. The van der Waals surface area contributed by atoms with Crippen molar-refractivity contribution in [1.29, 1.82) is 0 Å². The van der Waals surface area contributed by atoms with Crippen LogP contribution in [0.1, 0.15) is 12.0 Å².